The lowest BCUT2D eigenvalue weighted by atomic mass is 10.1. The lowest BCUT2D eigenvalue weighted by Crippen LogP contribution is -2.30. The van der Waals surface area contributed by atoms with E-state index in [1.54, 1.807) is 13.8 Å². The van der Waals surface area contributed by atoms with Crippen molar-refractivity contribution < 1.29 is 5.11 Å². The van der Waals surface area contributed by atoms with Crippen LogP contribution >= 0.6 is 11.6 Å². The highest BCUT2D eigenvalue weighted by atomic mass is 35.5. The summed E-state index contributed by atoms with van der Waals surface area (Å²) >= 11 is 5.98. The number of anilines is 1. The van der Waals surface area contributed by atoms with Gasteiger partial charge in [0.25, 0.3) is 0 Å². The van der Waals surface area contributed by atoms with Crippen molar-refractivity contribution in [3.8, 4) is 0 Å². The maximum atomic E-state index is 9.65. The van der Waals surface area contributed by atoms with E-state index < -0.39 is 5.60 Å². The summed E-state index contributed by atoms with van der Waals surface area (Å²) in [6, 6.07) is 0. The van der Waals surface area contributed by atoms with Crippen LogP contribution in [0.15, 0.2) is 0 Å². The summed E-state index contributed by atoms with van der Waals surface area (Å²) in [5.74, 6) is 0.763. The normalized spacial score (nSPS) is 15.0. The third kappa shape index (κ3) is 2.44. The number of rotatable bonds is 3. The molecule has 1 aliphatic rings. The van der Waals surface area contributed by atoms with Gasteiger partial charge in [-0.25, -0.2) is 0 Å². The predicted molar refractivity (Wildman–Crippen MR) is 63.9 cm³/mol. The van der Waals surface area contributed by atoms with Gasteiger partial charge in [-0.05, 0) is 38.7 Å². The lowest BCUT2D eigenvalue weighted by molar-refractivity contribution is 0.0944. The Hall–Kier alpha value is -0.870. The summed E-state index contributed by atoms with van der Waals surface area (Å²) < 4.78 is 0. The quantitative estimate of drug-likeness (QED) is 0.847. The molecule has 0 amide bonds. The Morgan fingerprint density at radius 3 is 2.69 bits per heavy atom. The average Bonchev–Trinajstić information content (AvgIpc) is 2.65. The second-order valence-corrected chi connectivity index (χ2v) is 5.17. The number of hydrogen-bond donors (Lipinski definition) is 2. The number of nitrogens with zero attached hydrogens (tertiary/aromatic N) is 2. The third-order valence-corrected chi connectivity index (χ3v) is 2.98. The molecule has 2 rings (SSSR count). The highest BCUT2D eigenvalue weighted by Gasteiger charge is 2.21. The lowest BCUT2D eigenvalue weighted by Gasteiger charge is -2.19. The predicted octanol–water partition coefficient (Wildman–Crippen LogP) is 1.80. The summed E-state index contributed by atoms with van der Waals surface area (Å²) in [7, 11) is 0. The van der Waals surface area contributed by atoms with Crippen molar-refractivity contribution in [2.75, 3.05) is 11.9 Å². The Balaban J connectivity index is 2.20. The van der Waals surface area contributed by atoms with E-state index in [0.29, 0.717) is 11.7 Å². The van der Waals surface area contributed by atoms with Gasteiger partial charge in [-0.3, -0.25) is 0 Å². The zero-order chi connectivity index (χ0) is 11.8. The van der Waals surface area contributed by atoms with Crippen LogP contribution in [0.1, 0.15) is 31.4 Å². The van der Waals surface area contributed by atoms with Gasteiger partial charge >= 0.3 is 0 Å². The minimum Gasteiger partial charge on any atom is -0.389 e. The number of nitrogens with one attached hydrogen (secondary N) is 1. The van der Waals surface area contributed by atoms with Gasteiger partial charge in [0, 0.05) is 12.1 Å². The van der Waals surface area contributed by atoms with E-state index >= 15 is 0 Å². The van der Waals surface area contributed by atoms with Crippen LogP contribution in [0, 0.1) is 0 Å². The fraction of sp³-hybridized carbons (Fsp3) is 0.636. The molecule has 5 heteroatoms. The van der Waals surface area contributed by atoms with Crippen LogP contribution in [0.3, 0.4) is 0 Å². The van der Waals surface area contributed by atoms with Crippen molar-refractivity contribution in [2.24, 2.45) is 0 Å². The molecule has 88 valence electrons. The van der Waals surface area contributed by atoms with Crippen molar-refractivity contribution in [1.82, 2.24) is 10.2 Å². The molecule has 0 saturated heterocycles. The summed E-state index contributed by atoms with van der Waals surface area (Å²) in [4.78, 5) is 0. The molecule has 0 saturated carbocycles. The molecule has 0 aromatic carbocycles. The Bertz CT molecular complexity index is 401. The van der Waals surface area contributed by atoms with Gasteiger partial charge in [0.2, 0.25) is 0 Å². The highest BCUT2D eigenvalue weighted by molar-refractivity contribution is 6.30. The summed E-state index contributed by atoms with van der Waals surface area (Å²) in [5, 5.41) is 21.3. The maximum Gasteiger partial charge on any atom is 0.155 e. The standard InChI is InChI=1S/C11H16ClN3O/c1-11(2,16)6-13-10-8-5-3-4-7(8)9(12)14-15-10/h16H,3-6H2,1-2H3,(H,13,15). The molecular formula is C11H16ClN3O. The van der Waals surface area contributed by atoms with E-state index in [2.05, 4.69) is 15.5 Å². The van der Waals surface area contributed by atoms with E-state index in [4.69, 9.17) is 11.6 Å². The van der Waals surface area contributed by atoms with Crippen molar-refractivity contribution in [3.63, 3.8) is 0 Å². The molecule has 1 aromatic rings. The largest absolute Gasteiger partial charge is 0.389 e. The third-order valence-electron chi connectivity index (χ3n) is 2.68. The van der Waals surface area contributed by atoms with Crippen LogP contribution < -0.4 is 5.32 Å². The van der Waals surface area contributed by atoms with Crippen LogP contribution in [-0.4, -0.2) is 27.4 Å². The first-order valence-electron chi connectivity index (χ1n) is 5.47. The number of aliphatic hydroxyl groups is 1. The van der Waals surface area contributed by atoms with E-state index in [1.807, 2.05) is 0 Å². The Morgan fingerprint density at radius 1 is 1.31 bits per heavy atom. The maximum absolute atomic E-state index is 9.65. The molecule has 0 atom stereocenters. The molecule has 1 heterocycles. The van der Waals surface area contributed by atoms with Crippen LogP contribution in [0.2, 0.25) is 5.15 Å². The van der Waals surface area contributed by atoms with Crippen LogP contribution in [0.5, 0.6) is 0 Å². The molecule has 1 aliphatic carbocycles. The Kier molecular flexibility index (Phi) is 3.04. The summed E-state index contributed by atoms with van der Waals surface area (Å²) in [6.45, 7) is 3.96. The topological polar surface area (TPSA) is 58.0 Å². The molecule has 4 nitrogen and oxygen atoms in total. The second kappa shape index (κ2) is 4.18. The minimum atomic E-state index is -0.757. The fourth-order valence-corrected chi connectivity index (χ4v) is 2.14. The zero-order valence-corrected chi connectivity index (χ0v) is 10.3. The number of aromatic nitrogens is 2. The van der Waals surface area contributed by atoms with Crippen molar-refractivity contribution in [3.05, 3.63) is 16.3 Å². The number of hydrogen-bond acceptors (Lipinski definition) is 4. The van der Waals surface area contributed by atoms with Crippen molar-refractivity contribution >= 4 is 17.4 Å². The van der Waals surface area contributed by atoms with E-state index in [9.17, 15) is 5.11 Å². The van der Waals surface area contributed by atoms with Crippen LogP contribution in [-0.2, 0) is 12.8 Å². The summed E-state index contributed by atoms with van der Waals surface area (Å²) in [6.07, 6.45) is 3.05. The van der Waals surface area contributed by atoms with Gasteiger partial charge in [-0.15, -0.1) is 10.2 Å². The Labute approximate surface area is 100 Å². The van der Waals surface area contributed by atoms with Crippen LogP contribution in [0.4, 0.5) is 5.82 Å². The van der Waals surface area contributed by atoms with Gasteiger partial charge in [0.15, 0.2) is 11.0 Å². The Morgan fingerprint density at radius 2 is 2.00 bits per heavy atom. The molecule has 0 fully saturated rings. The van der Waals surface area contributed by atoms with Gasteiger partial charge in [0.05, 0.1) is 5.60 Å². The SMILES string of the molecule is CC(C)(O)CNc1nnc(Cl)c2c1CCC2. The van der Waals surface area contributed by atoms with Crippen LogP contribution in [0.25, 0.3) is 0 Å². The molecule has 0 aliphatic heterocycles. The van der Waals surface area contributed by atoms with E-state index in [-0.39, 0.29) is 0 Å². The molecule has 1 aromatic heterocycles. The van der Waals surface area contributed by atoms with Gasteiger partial charge < -0.3 is 10.4 Å². The van der Waals surface area contributed by atoms with Gasteiger partial charge in [-0.2, -0.15) is 0 Å². The molecule has 0 bridgehead atoms. The number of fused-ring (bicyclic) bond motifs is 1. The van der Waals surface area contributed by atoms with E-state index in [0.717, 1.165) is 36.2 Å². The fourth-order valence-electron chi connectivity index (χ4n) is 1.89. The van der Waals surface area contributed by atoms with Gasteiger partial charge in [0.1, 0.15) is 0 Å². The first-order valence-corrected chi connectivity index (χ1v) is 5.85. The molecular weight excluding hydrogens is 226 g/mol. The smallest absolute Gasteiger partial charge is 0.155 e. The van der Waals surface area contributed by atoms with Crippen molar-refractivity contribution in [2.45, 2.75) is 38.7 Å². The second-order valence-electron chi connectivity index (χ2n) is 4.82. The molecule has 16 heavy (non-hydrogen) atoms. The van der Waals surface area contributed by atoms with Crippen molar-refractivity contribution in [1.29, 1.82) is 0 Å². The molecule has 0 unspecified atom stereocenters. The first kappa shape index (κ1) is 11.6. The molecule has 2 N–H and O–H groups in total. The summed E-state index contributed by atoms with van der Waals surface area (Å²) in [5.41, 5.74) is 1.51. The number of halogens is 1. The minimum absolute atomic E-state index is 0.454. The monoisotopic (exact) mass is 241 g/mol. The van der Waals surface area contributed by atoms with E-state index in [1.165, 1.54) is 0 Å². The first-order chi connectivity index (χ1) is 7.47. The molecule has 0 radical (unpaired) electrons. The van der Waals surface area contributed by atoms with Gasteiger partial charge in [-0.1, -0.05) is 11.6 Å². The molecule has 0 spiro atoms. The zero-order valence-electron chi connectivity index (χ0n) is 9.55. The highest BCUT2D eigenvalue weighted by Crippen LogP contribution is 2.31. The average molecular weight is 242 g/mol.